The topological polar surface area (TPSA) is 58.4 Å². The van der Waals surface area contributed by atoms with Gasteiger partial charge in [0.15, 0.2) is 5.76 Å². The number of amides is 1. The molecule has 1 unspecified atom stereocenters. The van der Waals surface area contributed by atoms with Gasteiger partial charge in [-0.3, -0.25) is 4.79 Å². The number of nitrogens with one attached hydrogen (secondary N) is 1. The molecule has 2 heterocycles. The Balaban J connectivity index is 0.00000225. The average Bonchev–Trinajstić information content (AvgIpc) is 3.09. The molecular formula is C17H21Cl2N3O2S. The van der Waals surface area contributed by atoms with Crippen LogP contribution in [-0.4, -0.2) is 47.2 Å². The predicted octanol–water partition coefficient (Wildman–Crippen LogP) is 3.47. The molecule has 1 aliphatic rings. The Morgan fingerprint density at radius 3 is 2.72 bits per heavy atom. The summed E-state index contributed by atoms with van der Waals surface area (Å²) < 4.78 is 5.78. The van der Waals surface area contributed by atoms with Crippen LogP contribution in [0.4, 0.5) is 0 Å². The van der Waals surface area contributed by atoms with E-state index in [1.165, 1.54) is 0 Å². The summed E-state index contributed by atoms with van der Waals surface area (Å²) in [4.78, 5) is 18.6. The van der Waals surface area contributed by atoms with Gasteiger partial charge in [0.1, 0.15) is 0 Å². The molecule has 0 aliphatic carbocycles. The molecule has 1 fully saturated rings. The normalized spacial score (nSPS) is 15.5. The first-order valence-corrected chi connectivity index (χ1v) is 9.38. The fourth-order valence-electron chi connectivity index (χ4n) is 2.53. The lowest BCUT2D eigenvalue weighted by Gasteiger charge is -2.29. The zero-order valence-corrected chi connectivity index (χ0v) is 16.3. The van der Waals surface area contributed by atoms with Gasteiger partial charge in [-0.2, -0.15) is 0 Å². The first-order valence-electron chi connectivity index (χ1n) is 7.95. The highest BCUT2D eigenvalue weighted by Gasteiger charge is 2.22. The fourth-order valence-corrected chi connectivity index (χ4v) is 3.48. The quantitative estimate of drug-likeness (QED) is 0.830. The second kappa shape index (κ2) is 9.48. The summed E-state index contributed by atoms with van der Waals surface area (Å²) in [6, 6.07) is 7.44. The zero-order valence-electron chi connectivity index (χ0n) is 13.9. The Labute approximate surface area is 162 Å². The molecule has 5 nitrogen and oxygen atoms in total. The van der Waals surface area contributed by atoms with Crippen LogP contribution in [0.1, 0.15) is 12.8 Å². The van der Waals surface area contributed by atoms with Gasteiger partial charge in [0.25, 0.3) is 0 Å². The first kappa shape index (κ1) is 20.1. The van der Waals surface area contributed by atoms with Crippen molar-refractivity contribution in [2.75, 3.05) is 26.2 Å². The molecule has 25 heavy (non-hydrogen) atoms. The van der Waals surface area contributed by atoms with Crippen LogP contribution >= 0.6 is 35.8 Å². The second-order valence-electron chi connectivity index (χ2n) is 5.65. The van der Waals surface area contributed by atoms with Crippen molar-refractivity contribution in [2.24, 2.45) is 0 Å². The van der Waals surface area contributed by atoms with Gasteiger partial charge in [0.05, 0.1) is 17.2 Å². The third-order valence-electron chi connectivity index (χ3n) is 3.92. The van der Waals surface area contributed by atoms with E-state index < -0.39 is 0 Å². The van der Waals surface area contributed by atoms with Gasteiger partial charge in [-0.15, -0.1) is 24.2 Å². The van der Waals surface area contributed by atoms with Crippen LogP contribution in [0, 0.1) is 0 Å². The molecule has 8 heteroatoms. The highest BCUT2D eigenvalue weighted by Crippen LogP contribution is 2.25. The summed E-state index contributed by atoms with van der Waals surface area (Å²) in [5.74, 6) is 2.10. The van der Waals surface area contributed by atoms with Gasteiger partial charge in [0.2, 0.25) is 11.8 Å². The van der Waals surface area contributed by atoms with Crippen molar-refractivity contribution in [3.8, 4) is 11.3 Å². The van der Waals surface area contributed by atoms with E-state index in [1.807, 2.05) is 36.1 Å². The molecule has 0 radical (unpaired) electrons. The molecule has 0 bridgehead atoms. The minimum atomic E-state index is -0.103. The fraction of sp³-hybridized carbons (Fsp3) is 0.412. The zero-order chi connectivity index (χ0) is 16.9. The number of aromatic nitrogens is 1. The van der Waals surface area contributed by atoms with Gasteiger partial charge in [-0.25, -0.2) is 4.98 Å². The summed E-state index contributed by atoms with van der Waals surface area (Å²) in [5, 5.41) is 3.84. The van der Waals surface area contributed by atoms with Crippen molar-refractivity contribution in [1.29, 1.82) is 0 Å². The summed E-state index contributed by atoms with van der Waals surface area (Å²) in [6.45, 7) is 5.24. The van der Waals surface area contributed by atoms with Crippen molar-refractivity contribution in [2.45, 2.75) is 17.9 Å². The van der Waals surface area contributed by atoms with E-state index in [1.54, 1.807) is 18.0 Å². The van der Waals surface area contributed by atoms with Crippen molar-refractivity contribution in [3.63, 3.8) is 0 Å². The van der Waals surface area contributed by atoms with Crippen molar-refractivity contribution < 1.29 is 9.21 Å². The maximum atomic E-state index is 12.4. The van der Waals surface area contributed by atoms with E-state index in [0.29, 0.717) is 22.4 Å². The van der Waals surface area contributed by atoms with Crippen LogP contribution in [0.15, 0.2) is 34.9 Å². The van der Waals surface area contributed by atoms with Crippen LogP contribution in [0.3, 0.4) is 0 Å². The van der Waals surface area contributed by atoms with Crippen LogP contribution < -0.4 is 5.32 Å². The number of thioether (sulfide) groups is 1. The van der Waals surface area contributed by atoms with E-state index in [9.17, 15) is 4.79 Å². The lowest BCUT2D eigenvalue weighted by Crippen LogP contribution is -2.48. The number of carbonyl (C=O) groups is 1. The average molecular weight is 402 g/mol. The number of oxazole rings is 1. The summed E-state index contributed by atoms with van der Waals surface area (Å²) in [5.41, 5.74) is 0.938. The van der Waals surface area contributed by atoms with Crippen molar-refractivity contribution in [1.82, 2.24) is 15.2 Å². The molecule has 1 saturated heterocycles. The van der Waals surface area contributed by atoms with E-state index in [0.717, 1.165) is 31.7 Å². The molecule has 136 valence electrons. The smallest absolute Gasteiger partial charge is 0.235 e. The Bertz CT molecular complexity index is 687. The van der Waals surface area contributed by atoms with Crippen LogP contribution in [0.5, 0.6) is 0 Å². The summed E-state index contributed by atoms with van der Waals surface area (Å²) >= 11 is 7.45. The standard InChI is InChI=1S/C17H20ClN3O2S.ClH/c1-12(17(22)21-8-6-19-7-9-21)24-11-16-20-10-15(23-16)13-2-4-14(18)5-3-13;/h2-5,10,12,19H,6-9,11H2,1H3;1H. The lowest BCUT2D eigenvalue weighted by molar-refractivity contribution is -0.130. The molecule has 0 saturated carbocycles. The van der Waals surface area contributed by atoms with Gasteiger partial charge >= 0.3 is 0 Å². The van der Waals surface area contributed by atoms with Crippen molar-refractivity contribution in [3.05, 3.63) is 41.4 Å². The molecule has 3 rings (SSSR count). The Kier molecular flexibility index (Phi) is 7.62. The van der Waals surface area contributed by atoms with Crippen LogP contribution in [0.2, 0.25) is 5.02 Å². The van der Waals surface area contributed by atoms with Gasteiger partial charge < -0.3 is 14.6 Å². The first-order chi connectivity index (χ1) is 11.6. The van der Waals surface area contributed by atoms with Gasteiger partial charge in [-0.05, 0) is 31.2 Å². The number of rotatable bonds is 5. The minimum Gasteiger partial charge on any atom is -0.440 e. The molecule has 1 N–H and O–H groups in total. The molecule has 1 aromatic heterocycles. The highest BCUT2D eigenvalue weighted by atomic mass is 35.5. The van der Waals surface area contributed by atoms with Gasteiger partial charge in [-0.1, -0.05) is 11.6 Å². The largest absolute Gasteiger partial charge is 0.440 e. The lowest BCUT2D eigenvalue weighted by atomic mass is 10.2. The molecule has 1 amide bonds. The van der Waals surface area contributed by atoms with Crippen molar-refractivity contribution >= 4 is 41.7 Å². The van der Waals surface area contributed by atoms with E-state index in [-0.39, 0.29) is 23.6 Å². The van der Waals surface area contributed by atoms with Crippen LogP contribution in [-0.2, 0) is 10.5 Å². The third kappa shape index (κ3) is 5.38. The Morgan fingerprint density at radius 2 is 2.04 bits per heavy atom. The molecule has 1 aromatic carbocycles. The molecule has 1 aliphatic heterocycles. The van der Waals surface area contributed by atoms with Crippen LogP contribution in [0.25, 0.3) is 11.3 Å². The van der Waals surface area contributed by atoms with Gasteiger partial charge in [0, 0.05) is 36.8 Å². The molecular weight excluding hydrogens is 381 g/mol. The minimum absolute atomic E-state index is 0. The number of nitrogens with zero attached hydrogens (tertiary/aromatic N) is 2. The predicted molar refractivity (Wildman–Crippen MR) is 104 cm³/mol. The number of carbonyl (C=O) groups excluding carboxylic acids is 1. The third-order valence-corrected chi connectivity index (χ3v) is 5.28. The monoisotopic (exact) mass is 401 g/mol. The second-order valence-corrected chi connectivity index (χ2v) is 7.42. The SMILES string of the molecule is CC(SCc1ncc(-c2ccc(Cl)cc2)o1)C(=O)N1CCNCC1.Cl. The number of hydrogen-bond donors (Lipinski definition) is 1. The van der Waals surface area contributed by atoms with E-state index in [2.05, 4.69) is 10.3 Å². The Hall–Kier alpha value is -1.21. The Morgan fingerprint density at radius 1 is 1.36 bits per heavy atom. The molecule has 1 atom stereocenters. The number of piperazine rings is 1. The maximum Gasteiger partial charge on any atom is 0.235 e. The highest BCUT2D eigenvalue weighted by molar-refractivity contribution is 7.99. The summed E-state index contributed by atoms with van der Waals surface area (Å²) in [7, 11) is 0. The number of hydrogen-bond acceptors (Lipinski definition) is 5. The van der Waals surface area contributed by atoms with E-state index in [4.69, 9.17) is 16.0 Å². The summed E-state index contributed by atoms with van der Waals surface area (Å²) in [6.07, 6.45) is 1.71. The number of benzene rings is 1. The number of halogens is 2. The maximum absolute atomic E-state index is 12.4. The molecule has 0 spiro atoms. The molecule has 2 aromatic rings. The van der Waals surface area contributed by atoms with E-state index >= 15 is 0 Å².